The minimum Gasteiger partial charge on any atom is -0.507 e. The van der Waals surface area contributed by atoms with E-state index < -0.39 is 0 Å². The molecule has 1 aromatic carbocycles. The van der Waals surface area contributed by atoms with Gasteiger partial charge in [0, 0.05) is 40.4 Å². The van der Waals surface area contributed by atoms with Crippen molar-refractivity contribution >= 4 is 28.2 Å². The topological polar surface area (TPSA) is 97.5 Å². The summed E-state index contributed by atoms with van der Waals surface area (Å²) in [5, 5.41) is 17.9. The van der Waals surface area contributed by atoms with Gasteiger partial charge in [0.15, 0.2) is 5.78 Å². The van der Waals surface area contributed by atoms with E-state index >= 15 is 0 Å². The summed E-state index contributed by atoms with van der Waals surface area (Å²) in [6, 6.07) is 3.73. The number of rotatable bonds is 7. The maximum absolute atomic E-state index is 12.6. The number of nitrogens with zero attached hydrogens (tertiary/aromatic N) is 1. The highest BCUT2D eigenvalue weighted by atomic mass is 16.3. The molecule has 4 rings (SSSR count). The molecule has 0 atom stereocenters. The summed E-state index contributed by atoms with van der Waals surface area (Å²) in [6.07, 6.45) is 6.32. The van der Waals surface area contributed by atoms with Crippen molar-refractivity contribution in [3.05, 3.63) is 58.5 Å². The second-order valence-electron chi connectivity index (χ2n) is 7.90. The van der Waals surface area contributed by atoms with E-state index in [0.717, 1.165) is 29.4 Å². The quantitative estimate of drug-likeness (QED) is 0.563. The second-order valence-corrected chi connectivity index (χ2v) is 7.90. The summed E-state index contributed by atoms with van der Waals surface area (Å²) in [5.74, 6) is -0.275. The van der Waals surface area contributed by atoms with E-state index in [9.17, 15) is 14.7 Å². The molecule has 7 heteroatoms. The van der Waals surface area contributed by atoms with Crippen LogP contribution in [-0.2, 0) is 16.0 Å². The van der Waals surface area contributed by atoms with Gasteiger partial charge in [-0.25, -0.2) is 0 Å². The molecule has 1 aromatic heterocycles. The summed E-state index contributed by atoms with van der Waals surface area (Å²) in [6.45, 7) is 1.46. The van der Waals surface area contributed by atoms with Gasteiger partial charge in [-0.2, -0.15) is 0 Å². The molecule has 1 aliphatic heterocycles. The number of benzene rings is 1. The molecule has 1 aliphatic carbocycles. The first-order valence-corrected chi connectivity index (χ1v) is 10.1. The number of hydrogen-bond donors (Lipinski definition) is 4. The van der Waals surface area contributed by atoms with E-state index in [1.165, 1.54) is 6.08 Å². The first-order chi connectivity index (χ1) is 14.4. The van der Waals surface area contributed by atoms with Gasteiger partial charge >= 0.3 is 0 Å². The predicted molar refractivity (Wildman–Crippen MR) is 117 cm³/mol. The number of fused-ring (bicyclic) bond motifs is 2. The monoisotopic (exact) mass is 406 g/mol. The number of amides is 1. The van der Waals surface area contributed by atoms with Crippen LogP contribution in [0.4, 0.5) is 0 Å². The zero-order valence-corrected chi connectivity index (χ0v) is 17.4. The second kappa shape index (κ2) is 7.93. The Morgan fingerprint density at radius 2 is 1.93 bits per heavy atom. The number of phenolic OH excluding ortho intramolecular Hbond substituents is 1. The Balaban J connectivity index is 1.84. The lowest BCUT2D eigenvalue weighted by Crippen LogP contribution is -2.20. The van der Waals surface area contributed by atoms with Crippen molar-refractivity contribution in [2.45, 2.75) is 12.8 Å². The highest BCUT2D eigenvalue weighted by Gasteiger charge is 2.35. The normalized spacial score (nSPS) is 16.3. The molecule has 2 heterocycles. The van der Waals surface area contributed by atoms with Crippen molar-refractivity contribution in [3.8, 4) is 5.75 Å². The molecule has 0 unspecified atom stereocenters. The molecular weight excluding hydrogens is 380 g/mol. The Bertz CT molecular complexity index is 1130. The van der Waals surface area contributed by atoms with Crippen molar-refractivity contribution in [2.75, 3.05) is 34.2 Å². The maximum Gasteiger partial charge on any atom is 0.252 e. The van der Waals surface area contributed by atoms with Gasteiger partial charge in [-0.15, -0.1) is 0 Å². The van der Waals surface area contributed by atoms with Crippen molar-refractivity contribution in [2.24, 2.45) is 0 Å². The number of ketones is 1. The standard InChI is InChI=1S/C23H26N4O3/c1-24-10-8-13-12-25-17-6-4-15(22(29)19(13)17)14-5-7-18(28)20-16(9-11-27(2)3)23(30)26-21(14)20/h4-7,12,24-25,29H,8-11H2,1-3H3,(H,26,30). The molecule has 0 saturated carbocycles. The van der Waals surface area contributed by atoms with Crippen LogP contribution in [0.15, 0.2) is 47.3 Å². The number of hydrogen-bond acceptors (Lipinski definition) is 5. The number of nitrogens with one attached hydrogen (secondary N) is 3. The van der Waals surface area contributed by atoms with E-state index in [0.29, 0.717) is 40.9 Å². The molecule has 0 fully saturated rings. The third-order valence-electron chi connectivity index (χ3n) is 5.63. The highest BCUT2D eigenvalue weighted by molar-refractivity contribution is 6.22. The van der Waals surface area contributed by atoms with Gasteiger partial charge < -0.3 is 25.6 Å². The number of carbonyl (C=O) groups excluding carboxylic acids is 2. The van der Waals surface area contributed by atoms with Gasteiger partial charge in [-0.1, -0.05) is 0 Å². The Morgan fingerprint density at radius 1 is 1.13 bits per heavy atom. The van der Waals surface area contributed by atoms with Crippen LogP contribution in [0.2, 0.25) is 0 Å². The summed E-state index contributed by atoms with van der Waals surface area (Å²) in [7, 11) is 5.75. The maximum atomic E-state index is 12.6. The van der Waals surface area contributed by atoms with Crippen LogP contribution in [0, 0.1) is 0 Å². The summed E-state index contributed by atoms with van der Waals surface area (Å²) in [4.78, 5) is 30.4. The third kappa shape index (κ3) is 3.36. The summed E-state index contributed by atoms with van der Waals surface area (Å²) < 4.78 is 0. The van der Waals surface area contributed by atoms with Crippen LogP contribution in [-0.4, -0.2) is 60.9 Å². The van der Waals surface area contributed by atoms with Gasteiger partial charge in [0.05, 0.1) is 11.3 Å². The van der Waals surface area contributed by atoms with Gasteiger partial charge in [-0.3, -0.25) is 9.59 Å². The SMILES string of the molecule is CNCCc1c[nH]c2ccc(C3=C4NC(=O)C(CCN(C)C)=C4C(=O)C=C3)c(O)c12. The number of aromatic nitrogens is 1. The third-order valence-corrected chi connectivity index (χ3v) is 5.63. The van der Waals surface area contributed by atoms with E-state index in [4.69, 9.17) is 0 Å². The molecule has 7 nitrogen and oxygen atoms in total. The predicted octanol–water partition coefficient (Wildman–Crippen LogP) is 1.86. The molecule has 1 amide bonds. The number of carbonyl (C=O) groups is 2. The molecule has 156 valence electrons. The lowest BCUT2D eigenvalue weighted by molar-refractivity contribution is -0.116. The molecule has 30 heavy (non-hydrogen) atoms. The van der Waals surface area contributed by atoms with Gasteiger partial charge in [0.25, 0.3) is 5.91 Å². The van der Waals surface area contributed by atoms with Gasteiger partial charge in [0.1, 0.15) is 5.75 Å². The van der Waals surface area contributed by atoms with Crippen molar-refractivity contribution in [3.63, 3.8) is 0 Å². The lowest BCUT2D eigenvalue weighted by atomic mass is 9.89. The fourth-order valence-electron chi connectivity index (χ4n) is 4.06. The van der Waals surface area contributed by atoms with Crippen molar-refractivity contribution in [1.82, 2.24) is 20.5 Å². The Kier molecular flexibility index (Phi) is 5.32. The molecule has 2 aromatic rings. The van der Waals surface area contributed by atoms with Crippen molar-refractivity contribution in [1.29, 1.82) is 0 Å². The number of allylic oxidation sites excluding steroid dienone is 4. The van der Waals surface area contributed by atoms with E-state index in [-0.39, 0.29) is 17.4 Å². The number of likely N-dealkylation sites (N-methyl/N-ethyl adjacent to an activating group) is 1. The number of H-pyrrole nitrogens is 1. The summed E-state index contributed by atoms with van der Waals surface area (Å²) >= 11 is 0. The Morgan fingerprint density at radius 3 is 2.67 bits per heavy atom. The smallest absolute Gasteiger partial charge is 0.252 e. The minimum atomic E-state index is -0.242. The first-order valence-electron chi connectivity index (χ1n) is 10.1. The molecule has 0 radical (unpaired) electrons. The molecule has 2 aliphatic rings. The first kappa shape index (κ1) is 20.1. The zero-order chi connectivity index (χ0) is 21.4. The van der Waals surface area contributed by atoms with E-state index in [2.05, 4.69) is 15.6 Å². The number of aromatic hydroxyl groups is 1. The number of aromatic amines is 1. The van der Waals surface area contributed by atoms with E-state index in [1.807, 2.05) is 44.4 Å². The average Bonchev–Trinajstić information content (AvgIpc) is 3.27. The van der Waals surface area contributed by atoms with Crippen LogP contribution in [0.5, 0.6) is 5.75 Å². The number of phenols is 1. The van der Waals surface area contributed by atoms with Crippen LogP contribution in [0.25, 0.3) is 16.5 Å². The van der Waals surface area contributed by atoms with Crippen LogP contribution in [0.1, 0.15) is 17.5 Å². The lowest BCUT2D eigenvalue weighted by Gasteiger charge is -2.16. The fourth-order valence-corrected chi connectivity index (χ4v) is 4.06. The van der Waals surface area contributed by atoms with Crippen LogP contribution in [0.3, 0.4) is 0 Å². The molecule has 0 spiro atoms. The largest absolute Gasteiger partial charge is 0.507 e. The fraction of sp³-hybridized carbons (Fsp3) is 0.304. The average molecular weight is 406 g/mol. The Labute approximate surface area is 175 Å². The van der Waals surface area contributed by atoms with Crippen molar-refractivity contribution < 1.29 is 14.7 Å². The molecule has 0 saturated heterocycles. The highest BCUT2D eigenvalue weighted by Crippen LogP contribution is 2.41. The van der Waals surface area contributed by atoms with Gasteiger partial charge in [-0.05, 0) is 70.4 Å². The minimum absolute atomic E-state index is 0.150. The zero-order valence-electron chi connectivity index (χ0n) is 17.4. The molecule has 0 bridgehead atoms. The Hall–Kier alpha value is -3.16. The van der Waals surface area contributed by atoms with Crippen LogP contribution >= 0.6 is 0 Å². The summed E-state index contributed by atoms with van der Waals surface area (Å²) in [5.41, 5.74) is 4.52. The van der Waals surface area contributed by atoms with Gasteiger partial charge in [0.2, 0.25) is 0 Å². The molecule has 4 N–H and O–H groups in total. The van der Waals surface area contributed by atoms with Crippen LogP contribution < -0.4 is 10.6 Å². The van der Waals surface area contributed by atoms with E-state index in [1.54, 1.807) is 6.08 Å². The molecular formula is C23H26N4O3.